The lowest BCUT2D eigenvalue weighted by molar-refractivity contribution is -0.131. The Hall–Kier alpha value is -2.62. The number of carbonyl (C=O) groups excluding carboxylic acids is 2. The smallest absolute Gasteiger partial charge is 0.240 e. The fraction of sp³-hybridized carbons (Fsp3) is 0.300. The second-order valence-corrected chi connectivity index (χ2v) is 6.66. The molecule has 0 aromatic heterocycles. The van der Waals surface area contributed by atoms with Gasteiger partial charge in [0.15, 0.2) is 0 Å². The highest BCUT2D eigenvalue weighted by molar-refractivity contribution is 6.16. The minimum absolute atomic E-state index is 0.227. The van der Waals surface area contributed by atoms with Crippen LogP contribution in [-0.4, -0.2) is 11.8 Å². The molecular formula is C20H22N2O2. The molecule has 124 valence electrons. The zero-order valence-corrected chi connectivity index (χ0v) is 14.3. The van der Waals surface area contributed by atoms with E-state index in [2.05, 4.69) is 10.6 Å². The van der Waals surface area contributed by atoms with Gasteiger partial charge >= 0.3 is 0 Å². The van der Waals surface area contributed by atoms with Crippen LogP contribution in [0.5, 0.6) is 0 Å². The largest absolute Gasteiger partial charge is 0.325 e. The second kappa shape index (κ2) is 6.11. The van der Waals surface area contributed by atoms with Gasteiger partial charge in [-0.25, -0.2) is 0 Å². The normalized spacial score (nSPS) is 14.8. The van der Waals surface area contributed by atoms with Crippen LogP contribution >= 0.6 is 0 Å². The Morgan fingerprint density at radius 1 is 0.792 bits per heavy atom. The lowest BCUT2D eigenvalue weighted by Crippen LogP contribution is -2.35. The Morgan fingerprint density at radius 2 is 1.33 bits per heavy atom. The number of amides is 2. The van der Waals surface area contributed by atoms with Gasteiger partial charge in [-0.05, 0) is 69.0 Å². The molecule has 1 aliphatic carbocycles. The molecule has 2 aromatic carbocycles. The lowest BCUT2D eigenvalue weighted by Gasteiger charge is -2.16. The van der Waals surface area contributed by atoms with Gasteiger partial charge in [-0.3, -0.25) is 9.59 Å². The average molecular weight is 322 g/mol. The summed E-state index contributed by atoms with van der Waals surface area (Å²) >= 11 is 0. The van der Waals surface area contributed by atoms with Crippen molar-refractivity contribution in [3.63, 3.8) is 0 Å². The summed E-state index contributed by atoms with van der Waals surface area (Å²) in [6, 6.07) is 13.3. The van der Waals surface area contributed by atoms with Crippen LogP contribution < -0.4 is 10.6 Å². The molecule has 0 atom stereocenters. The molecule has 2 aromatic rings. The Bertz CT molecular complexity index is 790. The van der Waals surface area contributed by atoms with Gasteiger partial charge in [0.1, 0.15) is 5.41 Å². The maximum Gasteiger partial charge on any atom is 0.240 e. The molecule has 0 saturated heterocycles. The number of carbonyl (C=O) groups is 2. The predicted octanol–water partition coefficient (Wildman–Crippen LogP) is 3.97. The van der Waals surface area contributed by atoms with Gasteiger partial charge in [0, 0.05) is 11.4 Å². The molecule has 0 bridgehead atoms. The Balaban J connectivity index is 1.70. The van der Waals surface area contributed by atoms with Gasteiger partial charge < -0.3 is 10.6 Å². The van der Waals surface area contributed by atoms with Crippen molar-refractivity contribution in [1.82, 2.24) is 0 Å². The number of aryl methyl sites for hydroxylation is 3. The van der Waals surface area contributed by atoms with Crippen molar-refractivity contribution in [2.24, 2.45) is 5.41 Å². The molecule has 0 spiro atoms. The fourth-order valence-corrected chi connectivity index (χ4v) is 2.64. The number of hydrogen-bond donors (Lipinski definition) is 2. The van der Waals surface area contributed by atoms with E-state index in [0.717, 1.165) is 22.5 Å². The Kier molecular flexibility index (Phi) is 4.14. The quantitative estimate of drug-likeness (QED) is 0.837. The third kappa shape index (κ3) is 3.18. The number of nitrogens with one attached hydrogen (secondary N) is 2. The first-order valence-corrected chi connectivity index (χ1v) is 8.17. The van der Waals surface area contributed by atoms with E-state index in [1.165, 1.54) is 5.56 Å². The average Bonchev–Trinajstić information content (AvgIpc) is 3.35. The predicted molar refractivity (Wildman–Crippen MR) is 96.0 cm³/mol. The molecule has 4 nitrogen and oxygen atoms in total. The molecular weight excluding hydrogens is 300 g/mol. The summed E-state index contributed by atoms with van der Waals surface area (Å²) in [6.07, 6.45) is 1.17. The molecule has 1 saturated carbocycles. The van der Waals surface area contributed by atoms with Crippen LogP contribution in [0.25, 0.3) is 0 Å². The van der Waals surface area contributed by atoms with E-state index in [1.54, 1.807) is 0 Å². The molecule has 1 fully saturated rings. The summed E-state index contributed by atoms with van der Waals surface area (Å²) in [5, 5.41) is 5.75. The number of anilines is 2. The maximum atomic E-state index is 12.6. The summed E-state index contributed by atoms with van der Waals surface area (Å²) in [5.74, 6) is -0.456. The Morgan fingerprint density at radius 3 is 1.88 bits per heavy atom. The third-order valence-electron chi connectivity index (χ3n) is 4.69. The first kappa shape index (κ1) is 16.2. The fourth-order valence-electron chi connectivity index (χ4n) is 2.64. The zero-order chi connectivity index (χ0) is 17.3. The van der Waals surface area contributed by atoms with E-state index in [9.17, 15) is 9.59 Å². The van der Waals surface area contributed by atoms with Crippen LogP contribution in [0.1, 0.15) is 29.5 Å². The minimum Gasteiger partial charge on any atom is -0.325 e. The van der Waals surface area contributed by atoms with Crippen molar-refractivity contribution in [1.29, 1.82) is 0 Å². The van der Waals surface area contributed by atoms with Crippen LogP contribution in [0.2, 0.25) is 0 Å². The number of hydrogen-bond acceptors (Lipinski definition) is 2. The molecule has 0 unspecified atom stereocenters. The summed E-state index contributed by atoms with van der Waals surface area (Å²) in [5.41, 5.74) is 3.92. The first-order chi connectivity index (χ1) is 11.4. The molecule has 1 aliphatic rings. The van der Waals surface area contributed by atoms with Gasteiger partial charge in [-0.1, -0.05) is 23.8 Å². The molecule has 0 heterocycles. The van der Waals surface area contributed by atoms with E-state index >= 15 is 0 Å². The third-order valence-corrected chi connectivity index (χ3v) is 4.69. The first-order valence-electron chi connectivity index (χ1n) is 8.17. The van der Waals surface area contributed by atoms with Crippen molar-refractivity contribution in [2.75, 3.05) is 10.6 Å². The minimum atomic E-state index is -0.941. The van der Waals surface area contributed by atoms with Gasteiger partial charge in [0.2, 0.25) is 11.8 Å². The van der Waals surface area contributed by atoms with Crippen molar-refractivity contribution in [3.05, 3.63) is 59.2 Å². The van der Waals surface area contributed by atoms with E-state index in [-0.39, 0.29) is 11.8 Å². The highest BCUT2D eigenvalue weighted by Gasteiger charge is 2.56. The van der Waals surface area contributed by atoms with Crippen molar-refractivity contribution < 1.29 is 9.59 Å². The number of benzene rings is 2. The van der Waals surface area contributed by atoms with Gasteiger partial charge in [-0.2, -0.15) is 0 Å². The van der Waals surface area contributed by atoms with Crippen LogP contribution in [-0.2, 0) is 9.59 Å². The van der Waals surface area contributed by atoms with Crippen molar-refractivity contribution in [2.45, 2.75) is 33.6 Å². The van der Waals surface area contributed by atoms with E-state index in [1.807, 2.05) is 63.2 Å². The van der Waals surface area contributed by atoms with E-state index in [4.69, 9.17) is 0 Å². The van der Waals surface area contributed by atoms with Gasteiger partial charge in [0.05, 0.1) is 0 Å². The van der Waals surface area contributed by atoms with Gasteiger partial charge in [0.25, 0.3) is 0 Å². The molecule has 2 N–H and O–H groups in total. The maximum absolute atomic E-state index is 12.6. The monoisotopic (exact) mass is 322 g/mol. The standard InChI is InChI=1S/C20H22N2O2/c1-13-4-7-16(8-5-13)21-18(23)20(10-11-20)19(24)22-17-9-6-14(2)15(3)12-17/h4-9,12H,10-11H2,1-3H3,(H,21,23)(H,22,24). The summed E-state index contributed by atoms with van der Waals surface area (Å²) in [7, 11) is 0. The SMILES string of the molecule is Cc1ccc(NC(=O)C2(C(=O)Nc3ccc(C)c(C)c3)CC2)cc1. The molecule has 24 heavy (non-hydrogen) atoms. The molecule has 0 aliphatic heterocycles. The summed E-state index contributed by atoms with van der Waals surface area (Å²) in [4.78, 5) is 25.2. The molecule has 4 heteroatoms. The van der Waals surface area contributed by atoms with Crippen LogP contribution in [0.4, 0.5) is 11.4 Å². The summed E-state index contributed by atoms with van der Waals surface area (Å²) < 4.78 is 0. The molecule has 0 radical (unpaired) electrons. The number of rotatable bonds is 4. The van der Waals surface area contributed by atoms with Gasteiger partial charge in [-0.15, -0.1) is 0 Å². The highest BCUT2D eigenvalue weighted by atomic mass is 16.2. The van der Waals surface area contributed by atoms with Crippen molar-refractivity contribution in [3.8, 4) is 0 Å². The van der Waals surface area contributed by atoms with Crippen LogP contribution in [0.15, 0.2) is 42.5 Å². The van der Waals surface area contributed by atoms with E-state index < -0.39 is 5.41 Å². The van der Waals surface area contributed by atoms with E-state index in [0.29, 0.717) is 12.8 Å². The Labute approximate surface area is 142 Å². The zero-order valence-electron chi connectivity index (χ0n) is 14.3. The molecule has 2 amide bonds. The van der Waals surface area contributed by atoms with Crippen LogP contribution in [0.3, 0.4) is 0 Å². The van der Waals surface area contributed by atoms with Crippen LogP contribution in [0, 0.1) is 26.2 Å². The molecule has 3 rings (SSSR count). The summed E-state index contributed by atoms with van der Waals surface area (Å²) in [6.45, 7) is 6.02. The second-order valence-electron chi connectivity index (χ2n) is 6.66. The lowest BCUT2D eigenvalue weighted by atomic mass is 10.0. The highest BCUT2D eigenvalue weighted by Crippen LogP contribution is 2.47. The van der Waals surface area contributed by atoms with Crippen molar-refractivity contribution >= 4 is 23.2 Å². The topological polar surface area (TPSA) is 58.2 Å².